The van der Waals surface area contributed by atoms with Gasteiger partial charge < -0.3 is 64.9 Å². The van der Waals surface area contributed by atoms with Crippen molar-refractivity contribution in [2.24, 2.45) is 85.1 Å². The Balaban J connectivity index is 0.000000199. The van der Waals surface area contributed by atoms with E-state index in [1.807, 2.05) is 67.9 Å². The number of Topliss-reactive ketones (excluding diaryl/α,β-unsaturated/α-hetero) is 1. The van der Waals surface area contributed by atoms with Gasteiger partial charge in [-0.25, -0.2) is 14.4 Å². The number of ketones is 1. The van der Waals surface area contributed by atoms with E-state index in [9.17, 15) is 19.2 Å². The number of likely N-dealkylation sites (tertiary alicyclic amines) is 7. The second kappa shape index (κ2) is 58.9. The van der Waals surface area contributed by atoms with E-state index in [4.69, 9.17) is 5.73 Å². The summed E-state index contributed by atoms with van der Waals surface area (Å²) in [6.07, 6.45) is 29.3. The highest BCUT2D eigenvalue weighted by molar-refractivity contribution is 5.79. The quantitative estimate of drug-likeness (QED) is 0.0479. The van der Waals surface area contributed by atoms with Gasteiger partial charge in [0, 0.05) is 105 Å². The first-order valence-electron chi connectivity index (χ1n) is 55.9. The second-order valence-electron chi connectivity index (χ2n) is 50.8. The maximum atomic E-state index is 12.6. The lowest BCUT2D eigenvalue weighted by atomic mass is 9.75. The number of urea groups is 3. The van der Waals surface area contributed by atoms with E-state index in [2.05, 4.69) is 270 Å². The van der Waals surface area contributed by atoms with Gasteiger partial charge in [0.15, 0.2) is 0 Å². The average Bonchev–Trinajstić information content (AvgIpc) is 1.91. The van der Waals surface area contributed by atoms with Crippen molar-refractivity contribution in [3.8, 4) is 0 Å². The molecule has 0 spiro atoms. The van der Waals surface area contributed by atoms with Crippen LogP contribution in [0.25, 0.3) is 0 Å². The predicted molar refractivity (Wildman–Crippen MR) is 585 cm³/mol. The van der Waals surface area contributed by atoms with Gasteiger partial charge in [0.2, 0.25) is 0 Å². The number of nitrogens with two attached hydrogens (primary N) is 1. The Morgan fingerprint density at radius 2 is 0.551 bits per heavy atom. The normalized spacial score (nSPS) is 20.3. The van der Waals surface area contributed by atoms with E-state index in [0.717, 1.165) is 191 Å². The number of rotatable bonds is 30. The van der Waals surface area contributed by atoms with Crippen LogP contribution in [-0.4, -0.2) is 286 Å². The number of benzene rings is 4. The Morgan fingerprint density at radius 3 is 0.862 bits per heavy atom. The third-order valence-corrected chi connectivity index (χ3v) is 33.2. The maximum absolute atomic E-state index is 12.6. The highest BCUT2D eigenvalue weighted by atomic mass is 16.2. The molecule has 14 rings (SSSR count). The molecule has 4 aromatic rings. The first-order valence-corrected chi connectivity index (χ1v) is 55.9. The molecule has 0 unspecified atom stereocenters. The maximum Gasteiger partial charge on any atom is 0.320 e. The van der Waals surface area contributed by atoms with E-state index >= 15 is 0 Å². The zero-order chi connectivity index (χ0) is 101. The monoisotopic (exact) mass is 1910 g/mol. The lowest BCUT2D eigenvalue weighted by Gasteiger charge is -2.38. The van der Waals surface area contributed by atoms with Crippen LogP contribution >= 0.6 is 0 Å². The topological polar surface area (TPSA) is 145 Å². The molecule has 10 aliphatic heterocycles. The Hall–Kier alpha value is -5.96. The van der Waals surface area contributed by atoms with Crippen molar-refractivity contribution in [2.75, 3.05) is 203 Å². The van der Waals surface area contributed by atoms with Gasteiger partial charge in [0.25, 0.3) is 0 Å². The Kier molecular flexibility index (Phi) is 50.0. The number of aryl methyl sites for hydroxylation is 2. The van der Waals surface area contributed by atoms with Gasteiger partial charge in [-0.3, -0.25) is 9.69 Å². The molecule has 10 fully saturated rings. The minimum Gasteiger partial charge on any atom is -0.336 e. The summed E-state index contributed by atoms with van der Waals surface area (Å²) in [4.78, 5) is 75.6. The SMILES string of the molecule is CC(C)(C)C1CCN(CCCC(=O)CCc2ccccc2)CC1.CC(C)(C)C1CCN(CCCCc2ccccc2)CC1.CC(C)(C)C1CCN(CCCN2CCN(Cc3ccccc3)C2=O)CC1.CC(C)(C)C1CCN(CCCN2CCNC2=O)CC1.CC(C)(C)C1CCN(CCN)CC1.CC(C)(C)C1CCN(Cc2ccccc2)CC1.CN1CCN(CCCN2CCC(C(C)(C)C)CC2)C1=O. The molecule has 6 amide bonds. The van der Waals surface area contributed by atoms with Gasteiger partial charge in [0.05, 0.1) is 0 Å². The van der Waals surface area contributed by atoms with Crippen LogP contribution < -0.4 is 11.1 Å². The minimum atomic E-state index is 0.117. The van der Waals surface area contributed by atoms with E-state index in [0.29, 0.717) is 50.1 Å². The molecule has 10 aliphatic rings. The molecule has 0 aliphatic carbocycles. The summed E-state index contributed by atoms with van der Waals surface area (Å²) in [5.74, 6) is 6.58. The van der Waals surface area contributed by atoms with Crippen LogP contribution in [0, 0.1) is 79.3 Å². The Morgan fingerprint density at radius 1 is 0.275 bits per heavy atom. The van der Waals surface area contributed by atoms with Gasteiger partial charge in [-0.2, -0.15) is 0 Å². The fourth-order valence-corrected chi connectivity index (χ4v) is 22.9. The number of nitrogens with one attached hydrogen (secondary N) is 1. The lowest BCUT2D eigenvalue weighted by molar-refractivity contribution is -0.119. The number of nitrogens with zero attached hydrogens (tertiary/aromatic N) is 12. The van der Waals surface area contributed by atoms with Crippen LogP contribution in [-0.2, 0) is 30.7 Å². The molecule has 18 heteroatoms. The number of carbonyl (C=O) groups excluding carboxylic acids is 4. The third-order valence-electron chi connectivity index (χ3n) is 33.2. The Bertz CT molecular complexity index is 3910. The molecule has 0 saturated carbocycles. The highest BCUT2D eigenvalue weighted by Crippen LogP contribution is 2.41. The van der Waals surface area contributed by atoms with Gasteiger partial charge in [-0.05, 0) is 367 Å². The number of hydrogen-bond acceptors (Lipinski definition) is 12. The van der Waals surface area contributed by atoms with Gasteiger partial charge in [0.1, 0.15) is 5.78 Å². The zero-order valence-electron chi connectivity index (χ0n) is 92.8. The standard InChI is InChI=1S/C22H35N3O.C21H33NO.C19H31N.C16H31N3O.C16H25N.C15H29N3O.C11H24N2/c1-22(2,3)20-10-14-23(15-11-20)12-7-13-24-16-17-25(21(24)26)18-19-8-5-4-6-9-19;1-21(2,3)19-13-16-22(17-14-19)15-7-10-20(23)12-11-18-8-5-4-6-9-18;1-19(2,3)18-12-15-20(16-13-18)14-8-7-11-17-9-5-4-6-10-17;1-16(2,3)14-6-10-18(11-7-14)8-5-9-19-13-12-17(4)15(19)20;1-16(2,3)15-9-11-17(12-10-15)13-14-7-5-4-6-8-14;1-15(2,3)13-5-10-17(11-6-13)8-4-9-18-12-7-16-14(18)19;1-11(2,3)10-4-7-13(8-5-10)9-6-12/h4-6,8-9,20H,7,10-18H2,1-3H3;4-6,8-9,19H,7,10-17H2,1-3H3;4-6,9-10,18H,7-8,11-16H2,1-3H3;14H,5-13H2,1-4H3;4-8,15H,9-13H2,1-3H3;13H,4-12H2,1-3H3,(H,16,19);10H,4-9,12H2,1-3H3. The first kappa shape index (κ1) is 117. The van der Waals surface area contributed by atoms with E-state index in [-0.39, 0.29) is 18.1 Å². The number of piperidine rings is 7. The molecule has 10 saturated heterocycles. The molecule has 0 bridgehead atoms. The molecule has 18 nitrogen and oxygen atoms in total. The molecule has 4 aromatic carbocycles. The predicted octanol–water partition coefficient (Wildman–Crippen LogP) is 23.9. The summed E-state index contributed by atoms with van der Waals surface area (Å²) in [7, 11) is 1.89. The number of unbranched alkanes of at least 4 members (excludes halogenated alkanes) is 1. The molecule has 138 heavy (non-hydrogen) atoms. The van der Waals surface area contributed by atoms with Crippen molar-refractivity contribution >= 4 is 23.9 Å². The summed E-state index contributed by atoms with van der Waals surface area (Å²) in [6, 6.07) is 42.8. The van der Waals surface area contributed by atoms with Gasteiger partial charge in [-0.15, -0.1) is 0 Å². The summed E-state index contributed by atoms with van der Waals surface area (Å²) in [5, 5.41) is 2.85. The smallest absolute Gasteiger partial charge is 0.320 e. The number of likely N-dealkylation sites (N-methyl/N-ethyl adjacent to an activating group) is 1. The molecule has 0 aromatic heterocycles. The fraction of sp³-hybridized carbons (Fsp3) is 0.767. The van der Waals surface area contributed by atoms with E-state index < -0.39 is 0 Å². The van der Waals surface area contributed by atoms with E-state index in [1.165, 1.54) is 230 Å². The third kappa shape index (κ3) is 44.3. The molecule has 0 atom stereocenters. The number of hydrogen-bond donors (Lipinski definition) is 2. The van der Waals surface area contributed by atoms with Crippen molar-refractivity contribution in [3.63, 3.8) is 0 Å². The Labute approximate surface area is 846 Å². The molecule has 10 heterocycles. The molecule has 0 radical (unpaired) electrons. The largest absolute Gasteiger partial charge is 0.336 e. The summed E-state index contributed by atoms with van der Waals surface area (Å²) in [5.41, 5.74) is 14.2. The second-order valence-corrected chi connectivity index (χ2v) is 50.8. The van der Waals surface area contributed by atoms with Crippen molar-refractivity contribution in [1.29, 1.82) is 0 Å². The van der Waals surface area contributed by atoms with Crippen molar-refractivity contribution in [3.05, 3.63) is 144 Å². The van der Waals surface area contributed by atoms with Crippen LogP contribution in [0.5, 0.6) is 0 Å². The first-order chi connectivity index (χ1) is 65.4. The molecule has 782 valence electrons. The number of carbonyl (C=O) groups is 4. The van der Waals surface area contributed by atoms with Gasteiger partial charge in [-0.1, -0.05) is 267 Å². The lowest BCUT2D eigenvalue weighted by Crippen LogP contribution is -2.40. The molecule has 3 N–H and O–H groups in total. The molecular weight excluding hydrogens is 1700 g/mol. The van der Waals surface area contributed by atoms with Crippen LogP contribution in [0.1, 0.15) is 309 Å². The summed E-state index contributed by atoms with van der Waals surface area (Å²) >= 11 is 0. The van der Waals surface area contributed by atoms with Crippen molar-refractivity contribution in [2.45, 2.75) is 313 Å². The van der Waals surface area contributed by atoms with Gasteiger partial charge >= 0.3 is 18.1 Å². The van der Waals surface area contributed by atoms with Crippen molar-refractivity contribution < 1.29 is 19.2 Å². The van der Waals surface area contributed by atoms with Crippen LogP contribution in [0.15, 0.2) is 121 Å². The van der Waals surface area contributed by atoms with E-state index in [1.54, 1.807) is 0 Å². The van der Waals surface area contributed by atoms with Crippen LogP contribution in [0.4, 0.5) is 14.4 Å². The van der Waals surface area contributed by atoms with Crippen LogP contribution in [0.2, 0.25) is 0 Å². The fourth-order valence-electron chi connectivity index (χ4n) is 22.9. The van der Waals surface area contributed by atoms with Crippen molar-refractivity contribution in [1.82, 2.24) is 64.1 Å². The molecular formula is C120H208N14O4. The highest BCUT2D eigenvalue weighted by Gasteiger charge is 2.37. The average molecular weight is 1910 g/mol. The number of amides is 6. The van der Waals surface area contributed by atoms with Crippen LogP contribution in [0.3, 0.4) is 0 Å². The minimum absolute atomic E-state index is 0.117. The zero-order valence-corrected chi connectivity index (χ0v) is 92.8. The summed E-state index contributed by atoms with van der Waals surface area (Å²) < 4.78 is 0. The summed E-state index contributed by atoms with van der Waals surface area (Å²) in [6.45, 7) is 84.6.